The van der Waals surface area contributed by atoms with Gasteiger partial charge in [-0.05, 0) is 18.6 Å². The van der Waals surface area contributed by atoms with Crippen LogP contribution in [0.1, 0.15) is 18.9 Å². The Morgan fingerprint density at radius 1 is 1.65 bits per heavy atom. The number of nitrogens with zero attached hydrogens (tertiary/aromatic N) is 1. The Balaban J connectivity index is 2.92. The van der Waals surface area contributed by atoms with Crippen molar-refractivity contribution < 1.29 is 9.53 Å². The summed E-state index contributed by atoms with van der Waals surface area (Å²) >= 11 is 3.27. The summed E-state index contributed by atoms with van der Waals surface area (Å²) < 4.78 is 5.12. The molecule has 0 fully saturated rings. The molecule has 1 N–H and O–H groups in total. The second kappa shape index (κ2) is 6.26. The van der Waals surface area contributed by atoms with Crippen LogP contribution in [0.4, 0.5) is 5.69 Å². The average Bonchev–Trinajstić information content (AvgIpc) is 2.37. The van der Waals surface area contributed by atoms with E-state index in [-0.39, 0.29) is 10.7 Å². The van der Waals surface area contributed by atoms with Gasteiger partial charge in [-0.3, -0.25) is 4.79 Å². The second-order valence-corrected chi connectivity index (χ2v) is 4.50. The number of hydrogen-bond acceptors (Lipinski definition) is 3. The highest BCUT2D eigenvalue weighted by Gasteiger charge is 2.14. The lowest BCUT2D eigenvalue weighted by Gasteiger charge is -2.12. The zero-order valence-electron chi connectivity index (χ0n) is 9.66. The van der Waals surface area contributed by atoms with Crippen molar-refractivity contribution >= 4 is 27.5 Å². The SMILES string of the molecule is CCC(Br)C(=O)Nc1ccc(C#N)cc1OC. The minimum atomic E-state index is -0.233. The molecule has 1 aromatic rings. The highest BCUT2D eigenvalue weighted by molar-refractivity contribution is 9.10. The maximum absolute atomic E-state index is 11.7. The normalized spacial score (nSPS) is 11.4. The van der Waals surface area contributed by atoms with E-state index in [1.54, 1.807) is 18.2 Å². The van der Waals surface area contributed by atoms with E-state index in [9.17, 15) is 4.79 Å². The Kier molecular flexibility index (Phi) is 4.98. The number of nitrogens with one attached hydrogen (secondary N) is 1. The topological polar surface area (TPSA) is 62.1 Å². The van der Waals surface area contributed by atoms with Crippen molar-refractivity contribution in [2.75, 3.05) is 12.4 Å². The second-order valence-electron chi connectivity index (χ2n) is 3.39. The number of ether oxygens (including phenoxy) is 1. The maximum atomic E-state index is 11.7. The average molecular weight is 297 g/mol. The number of carbonyl (C=O) groups excluding carboxylic acids is 1. The molecule has 1 unspecified atom stereocenters. The first-order valence-corrected chi connectivity index (χ1v) is 6.07. The van der Waals surface area contributed by atoms with Gasteiger partial charge in [-0.1, -0.05) is 22.9 Å². The van der Waals surface area contributed by atoms with Crippen molar-refractivity contribution in [1.82, 2.24) is 0 Å². The van der Waals surface area contributed by atoms with Gasteiger partial charge < -0.3 is 10.1 Å². The number of amides is 1. The first-order chi connectivity index (χ1) is 8.12. The van der Waals surface area contributed by atoms with Crippen molar-refractivity contribution in [2.24, 2.45) is 0 Å². The monoisotopic (exact) mass is 296 g/mol. The van der Waals surface area contributed by atoms with Gasteiger partial charge in [-0.25, -0.2) is 0 Å². The minimum absolute atomic E-state index is 0.129. The minimum Gasteiger partial charge on any atom is -0.495 e. The molecule has 0 bridgehead atoms. The molecule has 0 saturated heterocycles. The molecule has 0 radical (unpaired) electrons. The molecule has 1 amide bonds. The standard InChI is InChI=1S/C12H13BrN2O2/c1-3-9(13)12(16)15-10-5-4-8(7-14)6-11(10)17-2/h4-6,9H,3H2,1-2H3,(H,15,16). The molecule has 90 valence electrons. The Labute approximate surface area is 109 Å². The number of methoxy groups -OCH3 is 1. The Morgan fingerprint density at radius 2 is 2.35 bits per heavy atom. The van der Waals surface area contributed by atoms with Gasteiger partial charge in [0, 0.05) is 6.07 Å². The number of hydrogen-bond donors (Lipinski definition) is 1. The fourth-order valence-electron chi connectivity index (χ4n) is 1.26. The molecule has 17 heavy (non-hydrogen) atoms. The van der Waals surface area contributed by atoms with Gasteiger partial charge in [0.1, 0.15) is 5.75 Å². The summed E-state index contributed by atoms with van der Waals surface area (Å²) in [6.45, 7) is 1.91. The van der Waals surface area contributed by atoms with Gasteiger partial charge in [-0.15, -0.1) is 0 Å². The smallest absolute Gasteiger partial charge is 0.238 e. The number of benzene rings is 1. The van der Waals surface area contributed by atoms with Crippen LogP contribution in [-0.2, 0) is 4.79 Å². The van der Waals surface area contributed by atoms with Crippen LogP contribution in [0.3, 0.4) is 0 Å². The van der Waals surface area contributed by atoms with Crippen LogP contribution in [0.5, 0.6) is 5.75 Å². The zero-order valence-corrected chi connectivity index (χ0v) is 11.2. The van der Waals surface area contributed by atoms with Gasteiger partial charge in [0.25, 0.3) is 0 Å². The third-order valence-electron chi connectivity index (χ3n) is 2.23. The number of carbonyl (C=O) groups is 1. The molecule has 0 heterocycles. The molecule has 0 saturated carbocycles. The summed E-state index contributed by atoms with van der Waals surface area (Å²) in [5, 5.41) is 11.5. The van der Waals surface area contributed by atoms with Gasteiger partial charge >= 0.3 is 0 Å². The lowest BCUT2D eigenvalue weighted by Crippen LogP contribution is -2.22. The maximum Gasteiger partial charge on any atom is 0.238 e. The largest absolute Gasteiger partial charge is 0.495 e. The van der Waals surface area contributed by atoms with Crippen molar-refractivity contribution in [2.45, 2.75) is 18.2 Å². The highest BCUT2D eigenvalue weighted by atomic mass is 79.9. The fourth-order valence-corrected chi connectivity index (χ4v) is 1.37. The Bertz CT molecular complexity index is 454. The third kappa shape index (κ3) is 3.46. The van der Waals surface area contributed by atoms with E-state index in [1.807, 2.05) is 13.0 Å². The van der Waals surface area contributed by atoms with E-state index in [4.69, 9.17) is 10.00 Å². The van der Waals surface area contributed by atoms with Gasteiger partial charge in [0.05, 0.1) is 29.3 Å². The number of halogens is 1. The zero-order chi connectivity index (χ0) is 12.8. The summed E-state index contributed by atoms with van der Waals surface area (Å²) in [6.07, 6.45) is 0.699. The molecule has 1 rings (SSSR count). The summed E-state index contributed by atoms with van der Waals surface area (Å²) in [7, 11) is 1.50. The van der Waals surface area contributed by atoms with E-state index in [0.29, 0.717) is 23.4 Å². The first-order valence-electron chi connectivity index (χ1n) is 5.15. The number of alkyl halides is 1. The number of anilines is 1. The predicted molar refractivity (Wildman–Crippen MR) is 69.3 cm³/mol. The molecular formula is C12H13BrN2O2. The molecular weight excluding hydrogens is 284 g/mol. The summed E-state index contributed by atoms with van der Waals surface area (Å²) in [4.78, 5) is 11.5. The van der Waals surface area contributed by atoms with Gasteiger partial charge in [0.15, 0.2) is 0 Å². The predicted octanol–water partition coefficient (Wildman–Crippen LogP) is 2.68. The van der Waals surface area contributed by atoms with Crippen LogP contribution < -0.4 is 10.1 Å². The molecule has 0 aliphatic heterocycles. The first kappa shape index (κ1) is 13.5. The summed E-state index contributed by atoms with van der Waals surface area (Å²) in [5.74, 6) is 0.351. The van der Waals surface area contributed by atoms with E-state index in [0.717, 1.165) is 0 Å². The lowest BCUT2D eigenvalue weighted by molar-refractivity contribution is -0.115. The fraction of sp³-hybridized carbons (Fsp3) is 0.333. The molecule has 0 aliphatic carbocycles. The third-order valence-corrected chi connectivity index (χ3v) is 3.29. The molecule has 1 atom stereocenters. The van der Waals surface area contributed by atoms with Crippen LogP contribution in [0.25, 0.3) is 0 Å². The van der Waals surface area contributed by atoms with Crippen molar-refractivity contribution in [3.63, 3.8) is 0 Å². The molecule has 1 aromatic carbocycles. The number of nitriles is 1. The van der Waals surface area contributed by atoms with Gasteiger partial charge in [-0.2, -0.15) is 5.26 Å². The van der Waals surface area contributed by atoms with Crippen LogP contribution in [-0.4, -0.2) is 17.8 Å². The van der Waals surface area contributed by atoms with Crippen LogP contribution in [0.15, 0.2) is 18.2 Å². The van der Waals surface area contributed by atoms with Crippen LogP contribution in [0.2, 0.25) is 0 Å². The van der Waals surface area contributed by atoms with E-state index in [1.165, 1.54) is 7.11 Å². The van der Waals surface area contributed by atoms with E-state index >= 15 is 0 Å². The molecule has 0 aliphatic rings. The molecule has 0 spiro atoms. The lowest BCUT2D eigenvalue weighted by atomic mass is 10.2. The summed E-state index contributed by atoms with van der Waals surface area (Å²) in [6, 6.07) is 6.89. The van der Waals surface area contributed by atoms with Crippen molar-refractivity contribution in [3.05, 3.63) is 23.8 Å². The van der Waals surface area contributed by atoms with E-state index < -0.39 is 0 Å². The van der Waals surface area contributed by atoms with Gasteiger partial charge in [0.2, 0.25) is 5.91 Å². The van der Waals surface area contributed by atoms with Crippen molar-refractivity contribution in [3.8, 4) is 11.8 Å². The van der Waals surface area contributed by atoms with Crippen LogP contribution in [0, 0.1) is 11.3 Å². The molecule has 5 heteroatoms. The van der Waals surface area contributed by atoms with Crippen molar-refractivity contribution in [1.29, 1.82) is 5.26 Å². The number of rotatable bonds is 4. The molecule has 4 nitrogen and oxygen atoms in total. The highest BCUT2D eigenvalue weighted by Crippen LogP contribution is 2.26. The summed E-state index contributed by atoms with van der Waals surface area (Å²) in [5.41, 5.74) is 1.06. The quantitative estimate of drug-likeness (QED) is 0.869. The molecule has 0 aromatic heterocycles. The Morgan fingerprint density at radius 3 is 2.88 bits per heavy atom. The Hall–Kier alpha value is -1.54. The van der Waals surface area contributed by atoms with E-state index in [2.05, 4.69) is 21.2 Å². The van der Waals surface area contributed by atoms with Crippen LogP contribution >= 0.6 is 15.9 Å².